The fourth-order valence-electron chi connectivity index (χ4n) is 3.43. The number of rotatable bonds is 20. The number of allylic oxidation sites excluding steroid dienone is 1. The summed E-state index contributed by atoms with van der Waals surface area (Å²) in [5.41, 5.74) is 6.80. The molecule has 14 nitrogen and oxygen atoms in total. The van der Waals surface area contributed by atoms with Crippen LogP contribution in [0.3, 0.4) is 0 Å². The van der Waals surface area contributed by atoms with Gasteiger partial charge in [-0.2, -0.15) is 0 Å². The Hall–Kier alpha value is -4.30. The lowest BCUT2D eigenvalue weighted by molar-refractivity contribution is -0.142. The van der Waals surface area contributed by atoms with Gasteiger partial charge in [-0.25, -0.2) is 4.79 Å². The van der Waals surface area contributed by atoms with Crippen molar-refractivity contribution in [3.8, 4) is 0 Å². The van der Waals surface area contributed by atoms with Crippen LogP contribution in [0.4, 0.5) is 10.5 Å². The van der Waals surface area contributed by atoms with Crippen LogP contribution in [0.2, 0.25) is 0 Å². The first kappa shape index (κ1) is 36.7. The first-order valence-electron chi connectivity index (χ1n) is 13.9. The fourth-order valence-corrected chi connectivity index (χ4v) is 3.43. The molecule has 43 heavy (non-hydrogen) atoms. The summed E-state index contributed by atoms with van der Waals surface area (Å²) in [5, 5.41) is 10.4. The summed E-state index contributed by atoms with van der Waals surface area (Å²) in [7, 11) is 0. The number of primary amides is 1. The molecule has 0 aliphatic rings. The van der Waals surface area contributed by atoms with Crippen LogP contribution in [0, 0.1) is 0 Å². The number of urea groups is 1. The van der Waals surface area contributed by atoms with Crippen LogP contribution >= 0.6 is 0 Å². The number of hydrogen-bond donors (Lipinski definition) is 5. The van der Waals surface area contributed by atoms with E-state index in [1.54, 1.807) is 38.1 Å². The van der Waals surface area contributed by atoms with Crippen LogP contribution in [0.5, 0.6) is 0 Å². The molecule has 14 heteroatoms. The molecule has 0 aliphatic carbocycles. The Morgan fingerprint density at radius 1 is 0.860 bits per heavy atom. The molecule has 1 atom stereocenters. The molecule has 0 saturated carbocycles. The van der Waals surface area contributed by atoms with Gasteiger partial charge in [0.05, 0.1) is 32.8 Å². The van der Waals surface area contributed by atoms with E-state index < -0.39 is 35.8 Å². The van der Waals surface area contributed by atoms with Gasteiger partial charge in [0, 0.05) is 25.6 Å². The molecule has 0 spiro atoms. The molecule has 1 rings (SSSR count). The van der Waals surface area contributed by atoms with Crippen molar-refractivity contribution in [2.75, 3.05) is 38.3 Å². The minimum absolute atomic E-state index is 0.000418. The molecule has 0 saturated heterocycles. The van der Waals surface area contributed by atoms with Crippen molar-refractivity contribution >= 4 is 41.2 Å². The van der Waals surface area contributed by atoms with Gasteiger partial charge in [-0.3, -0.25) is 24.0 Å². The number of esters is 1. The van der Waals surface area contributed by atoms with E-state index in [9.17, 15) is 28.8 Å². The van der Waals surface area contributed by atoms with Crippen molar-refractivity contribution in [3.63, 3.8) is 0 Å². The second kappa shape index (κ2) is 20.6. The minimum Gasteiger partial charge on any atom is -0.461 e. The van der Waals surface area contributed by atoms with Crippen molar-refractivity contribution in [1.29, 1.82) is 0 Å². The number of carbonyl (C=O) groups is 6. The maximum absolute atomic E-state index is 13.2. The number of Topliss-reactive ketones (excluding diaryl/α,β-unsaturated/α-hetero) is 1. The first-order chi connectivity index (χ1) is 20.4. The molecule has 0 fully saturated rings. The zero-order valence-electron chi connectivity index (χ0n) is 25.2. The van der Waals surface area contributed by atoms with Crippen molar-refractivity contribution in [2.24, 2.45) is 5.73 Å². The van der Waals surface area contributed by atoms with Crippen LogP contribution in [-0.2, 0) is 44.8 Å². The summed E-state index contributed by atoms with van der Waals surface area (Å²) in [4.78, 5) is 71.7. The van der Waals surface area contributed by atoms with Crippen LogP contribution in [0.25, 0.3) is 0 Å². The predicted octanol–water partition coefficient (Wildman–Crippen LogP) is 1.43. The molecule has 238 valence electrons. The zero-order valence-corrected chi connectivity index (χ0v) is 25.2. The third-order valence-electron chi connectivity index (χ3n) is 5.69. The number of nitrogens with one attached hydrogen (secondary N) is 4. The molecule has 1 aromatic carbocycles. The minimum atomic E-state index is -1.01. The van der Waals surface area contributed by atoms with Gasteiger partial charge in [0.2, 0.25) is 11.8 Å². The number of benzene rings is 1. The normalized spacial score (nSPS) is 11.1. The van der Waals surface area contributed by atoms with E-state index in [4.69, 9.17) is 19.9 Å². The molecule has 0 bridgehead atoms. The third kappa shape index (κ3) is 17.3. The number of amides is 5. The number of hydrogen-bond acceptors (Lipinski definition) is 9. The van der Waals surface area contributed by atoms with E-state index in [-0.39, 0.29) is 57.3 Å². The summed E-state index contributed by atoms with van der Waals surface area (Å²) >= 11 is 0. The number of nitrogens with two attached hydrogens (primary N) is 1. The highest BCUT2D eigenvalue weighted by atomic mass is 16.5. The highest BCUT2D eigenvalue weighted by Crippen LogP contribution is 2.12. The summed E-state index contributed by atoms with van der Waals surface area (Å²) in [6, 6.07) is 4.91. The lowest BCUT2D eigenvalue weighted by atomic mass is 10.1. The van der Waals surface area contributed by atoms with Gasteiger partial charge in [0.25, 0.3) is 5.91 Å². The van der Waals surface area contributed by atoms with Crippen molar-refractivity contribution < 1.29 is 43.0 Å². The Morgan fingerprint density at radius 3 is 2.05 bits per heavy atom. The van der Waals surface area contributed by atoms with Gasteiger partial charge in [0.15, 0.2) is 0 Å². The SMILES string of the molecule is CC(=O)CCOCCOCCC(=O)NC(C(=O)N[C@@H](CCCNC(N)=O)C(=O)Nc1ccc(COC(C)=O)cc1)=C(C)C. The van der Waals surface area contributed by atoms with Gasteiger partial charge in [-0.05, 0) is 56.9 Å². The molecule has 6 N–H and O–H groups in total. The summed E-state index contributed by atoms with van der Waals surface area (Å²) in [5.74, 6) is -2.01. The van der Waals surface area contributed by atoms with E-state index in [0.717, 1.165) is 5.56 Å². The summed E-state index contributed by atoms with van der Waals surface area (Å²) in [6.07, 6.45) is 0.798. The van der Waals surface area contributed by atoms with E-state index in [1.165, 1.54) is 13.8 Å². The number of ketones is 1. The summed E-state index contributed by atoms with van der Waals surface area (Å²) < 4.78 is 15.6. The molecular weight excluding hydrogens is 562 g/mol. The quantitative estimate of drug-likeness (QED) is 0.0827. The van der Waals surface area contributed by atoms with Crippen LogP contribution < -0.4 is 27.0 Å². The monoisotopic (exact) mass is 605 g/mol. The highest BCUT2D eigenvalue weighted by Gasteiger charge is 2.24. The third-order valence-corrected chi connectivity index (χ3v) is 5.69. The Balaban J connectivity index is 2.75. The summed E-state index contributed by atoms with van der Waals surface area (Å²) in [6.45, 7) is 7.30. The predicted molar refractivity (Wildman–Crippen MR) is 157 cm³/mol. The smallest absolute Gasteiger partial charge is 0.312 e. The van der Waals surface area contributed by atoms with Gasteiger partial charge >= 0.3 is 12.0 Å². The maximum Gasteiger partial charge on any atom is 0.312 e. The van der Waals surface area contributed by atoms with Gasteiger partial charge in [0.1, 0.15) is 24.1 Å². The second-order valence-corrected chi connectivity index (χ2v) is 9.78. The standard InChI is InChI=1S/C29H43N5O9/c1-19(2)26(34-25(37)12-15-42-17-16-41-14-11-20(3)35)28(39)33-24(6-5-13-31-29(30)40)27(38)32-23-9-7-22(8-10-23)18-43-21(4)36/h7-10,24H,5-6,11-18H2,1-4H3,(H,32,38)(H,33,39)(H,34,37)(H3,30,31,40)/t24-/m0/s1. The largest absolute Gasteiger partial charge is 0.461 e. The zero-order chi connectivity index (χ0) is 32.2. The molecule has 0 radical (unpaired) electrons. The van der Waals surface area contributed by atoms with Gasteiger partial charge < -0.3 is 41.2 Å². The van der Waals surface area contributed by atoms with Crippen molar-refractivity contribution in [2.45, 2.75) is 66.0 Å². The first-order valence-corrected chi connectivity index (χ1v) is 13.9. The van der Waals surface area contributed by atoms with Crippen LogP contribution in [0.1, 0.15) is 58.9 Å². The van der Waals surface area contributed by atoms with Crippen LogP contribution in [-0.4, -0.2) is 74.5 Å². The topological polar surface area (TPSA) is 204 Å². The number of carbonyl (C=O) groups excluding carboxylic acids is 6. The van der Waals surface area contributed by atoms with E-state index in [0.29, 0.717) is 30.7 Å². The lowest BCUT2D eigenvalue weighted by Crippen LogP contribution is -2.47. The maximum atomic E-state index is 13.2. The Bertz CT molecular complexity index is 1130. The highest BCUT2D eigenvalue weighted by molar-refractivity contribution is 6.02. The Labute approximate surface area is 251 Å². The Kier molecular flexibility index (Phi) is 17.6. The molecule has 1 aromatic rings. The van der Waals surface area contributed by atoms with Gasteiger partial charge in [-0.15, -0.1) is 0 Å². The number of anilines is 1. The van der Waals surface area contributed by atoms with Crippen molar-refractivity contribution in [1.82, 2.24) is 16.0 Å². The second-order valence-electron chi connectivity index (χ2n) is 9.78. The lowest BCUT2D eigenvalue weighted by Gasteiger charge is -2.20. The molecule has 0 aromatic heterocycles. The average Bonchev–Trinajstić information content (AvgIpc) is 2.93. The molecule has 0 heterocycles. The molecule has 0 aliphatic heterocycles. The Morgan fingerprint density at radius 2 is 1.49 bits per heavy atom. The molecule has 0 unspecified atom stereocenters. The van der Waals surface area contributed by atoms with Crippen LogP contribution in [0.15, 0.2) is 35.5 Å². The molecular formula is C29H43N5O9. The van der Waals surface area contributed by atoms with Gasteiger partial charge in [-0.1, -0.05) is 12.1 Å². The van der Waals surface area contributed by atoms with Crippen molar-refractivity contribution in [3.05, 3.63) is 41.1 Å². The molecule has 5 amide bonds. The fraction of sp³-hybridized carbons (Fsp3) is 0.517. The van der Waals surface area contributed by atoms with E-state index >= 15 is 0 Å². The van der Waals surface area contributed by atoms with E-state index in [1.807, 2.05) is 0 Å². The number of ether oxygens (including phenoxy) is 3. The average molecular weight is 606 g/mol. The van der Waals surface area contributed by atoms with E-state index in [2.05, 4.69) is 21.3 Å².